The molecule has 3 heteroatoms. The summed E-state index contributed by atoms with van der Waals surface area (Å²) in [5.74, 6) is 0. The molecule has 90 valence electrons. The zero-order valence-corrected chi connectivity index (χ0v) is 11.6. The van der Waals surface area contributed by atoms with Crippen LogP contribution in [0, 0.1) is 0 Å². The van der Waals surface area contributed by atoms with Gasteiger partial charge in [-0.15, -0.1) is 0 Å². The number of methoxy groups -OCH3 is 1. The van der Waals surface area contributed by atoms with E-state index in [2.05, 4.69) is 46.4 Å². The Bertz CT molecular complexity index is 304. The van der Waals surface area contributed by atoms with Crippen molar-refractivity contribution < 1.29 is 4.74 Å². The van der Waals surface area contributed by atoms with Crippen LogP contribution in [-0.4, -0.2) is 20.3 Å². The van der Waals surface area contributed by atoms with Crippen LogP contribution in [0.4, 0.5) is 0 Å². The second-order valence-corrected chi connectivity index (χ2v) is 4.75. The van der Waals surface area contributed by atoms with E-state index >= 15 is 0 Å². The molecule has 1 rings (SSSR count). The minimum Gasteiger partial charge on any atom is -0.385 e. The maximum absolute atomic E-state index is 5.02. The van der Waals surface area contributed by atoms with Gasteiger partial charge in [0.2, 0.25) is 0 Å². The van der Waals surface area contributed by atoms with Crippen LogP contribution in [0.25, 0.3) is 0 Å². The van der Waals surface area contributed by atoms with Crippen molar-refractivity contribution in [1.82, 2.24) is 5.32 Å². The lowest BCUT2D eigenvalue weighted by atomic mass is 10.1. The van der Waals surface area contributed by atoms with E-state index in [1.165, 1.54) is 10.0 Å². The van der Waals surface area contributed by atoms with Crippen LogP contribution in [0.15, 0.2) is 28.7 Å². The second kappa shape index (κ2) is 7.82. The summed E-state index contributed by atoms with van der Waals surface area (Å²) in [6.07, 6.45) is 2.27. The standard InChI is InChI=1S/C13H20BrNO/c1-11(15-9-5-6-10-16-2)12-7-3-4-8-13(12)14/h3-4,7-8,11,15H,5-6,9-10H2,1-2H3/t11-/m0/s1. The molecule has 0 radical (unpaired) electrons. The topological polar surface area (TPSA) is 21.3 Å². The molecule has 0 heterocycles. The fourth-order valence-corrected chi connectivity index (χ4v) is 2.25. The van der Waals surface area contributed by atoms with Crippen molar-refractivity contribution in [2.45, 2.75) is 25.8 Å². The highest BCUT2D eigenvalue weighted by molar-refractivity contribution is 9.10. The summed E-state index contributed by atoms with van der Waals surface area (Å²) in [4.78, 5) is 0. The van der Waals surface area contributed by atoms with Crippen molar-refractivity contribution >= 4 is 15.9 Å². The Balaban J connectivity index is 2.30. The van der Waals surface area contributed by atoms with Gasteiger partial charge >= 0.3 is 0 Å². The van der Waals surface area contributed by atoms with E-state index in [0.29, 0.717) is 6.04 Å². The second-order valence-electron chi connectivity index (χ2n) is 3.90. The minimum atomic E-state index is 0.387. The van der Waals surface area contributed by atoms with Crippen molar-refractivity contribution in [1.29, 1.82) is 0 Å². The summed E-state index contributed by atoms with van der Waals surface area (Å²) in [7, 11) is 1.75. The van der Waals surface area contributed by atoms with Gasteiger partial charge in [0, 0.05) is 24.2 Å². The largest absolute Gasteiger partial charge is 0.385 e. The van der Waals surface area contributed by atoms with Crippen LogP contribution in [0.3, 0.4) is 0 Å². The predicted molar refractivity (Wildman–Crippen MR) is 71.7 cm³/mol. The van der Waals surface area contributed by atoms with E-state index in [4.69, 9.17) is 4.74 Å². The fraction of sp³-hybridized carbons (Fsp3) is 0.538. The van der Waals surface area contributed by atoms with Gasteiger partial charge in [-0.25, -0.2) is 0 Å². The molecule has 1 aromatic carbocycles. The molecule has 0 bridgehead atoms. The molecule has 0 saturated carbocycles. The summed E-state index contributed by atoms with van der Waals surface area (Å²) >= 11 is 3.57. The number of hydrogen-bond acceptors (Lipinski definition) is 2. The Kier molecular flexibility index (Phi) is 6.69. The Morgan fingerprint density at radius 3 is 2.75 bits per heavy atom. The van der Waals surface area contributed by atoms with Crippen LogP contribution in [0.2, 0.25) is 0 Å². The third-order valence-corrected chi connectivity index (χ3v) is 3.32. The first kappa shape index (κ1) is 13.7. The van der Waals surface area contributed by atoms with Crippen molar-refractivity contribution in [2.24, 2.45) is 0 Å². The van der Waals surface area contributed by atoms with E-state index in [1.807, 2.05) is 6.07 Å². The number of rotatable bonds is 7. The monoisotopic (exact) mass is 285 g/mol. The quantitative estimate of drug-likeness (QED) is 0.774. The number of unbranched alkanes of at least 4 members (excludes halogenated alkanes) is 1. The zero-order valence-electron chi connectivity index (χ0n) is 10.0. The SMILES string of the molecule is COCCCCN[C@@H](C)c1ccccc1Br. The van der Waals surface area contributed by atoms with Crippen LogP contribution < -0.4 is 5.32 Å². The third kappa shape index (κ3) is 4.64. The summed E-state index contributed by atoms with van der Waals surface area (Å²) in [5, 5.41) is 3.51. The molecule has 0 aliphatic rings. The van der Waals surface area contributed by atoms with E-state index < -0.39 is 0 Å². The summed E-state index contributed by atoms with van der Waals surface area (Å²) in [6.45, 7) is 4.08. The van der Waals surface area contributed by atoms with Crippen LogP contribution in [-0.2, 0) is 4.74 Å². The minimum absolute atomic E-state index is 0.387. The first-order valence-corrected chi connectivity index (χ1v) is 6.51. The van der Waals surface area contributed by atoms with Gasteiger partial charge in [-0.3, -0.25) is 0 Å². The molecule has 0 fully saturated rings. The van der Waals surface area contributed by atoms with Gasteiger partial charge in [0.1, 0.15) is 0 Å². The molecule has 0 aromatic heterocycles. The molecule has 1 N–H and O–H groups in total. The first-order chi connectivity index (χ1) is 7.75. The highest BCUT2D eigenvalue weighted by atomic mass is 79.9. The molecule has 0 spiro atoms. The normalized spacial score (nSPS) is 12.7. The summed E-state index contributed by atoms with van der Waals surface area (Å²) < 4.78 is 6.19. The number of benzene rings is 1. The molecular formula is C13H20BrNO. The lowest BCUT2D eigenvalue weighted by molar-refractivity contribution is 0.192. The molecule has 0 amide bonds. The van der Waals surface area contributed by atoms with Crippen LogP contribution in [0.1, 0.15) is 31.4 Å². The van der Waals surface area contributed by atoms with Gasteiger partial charge < -0.3 is 10.1 Å². The molecule has 0 aliphatic heterocycles. The molecule has 2 nitrogen and oxygen atoms in total. The highest BCUT2D eigenvalue weighted by Crippen LogP contribution is 2.22. The Morgan fingerprint density at radius 1 is 1.31 bits per heavy atom. The number of ether oxygens (including phenoxy) is 1. The summed E-state index contributed by atoms with van der Waals surface area (Å²) in [5.41, 5.74) is 1.31. The lowest BCUT2D eigenvalue weighted by Crippen LogP contribution is -2.20. The molecule has 0 saturated heterocycles. The van der Waals surface area contributed by atoms with E-state index in [0.717, 1.165) is 26.0 Å². The van der Waals surface area contributed by atoms with Crippen LogP contribution in [0.5, 0.6) is 0 Å². The van der Waals surface area contributed by atoms with Gasteiger partial charge in [0.15, 0.2) is 0 Å². The van der Waals surface area contributed by atoms with E-state index in [9.17, 15) is 0 Å². The average molecular weight is 286 g/mol. The van der Waals surface area contributed by atoms with Crippen LogP contribution >= 0.6 is 15.9 Å². The van der Waals surface area contributed by atoms with E-state index in [-0.39, 0.29) is 0 Å². The van der Waals surface area contributed by atoms with Gasteiger partial charge in [0.25, 0.3) is 0 Å². The maximum atomic E-state index is 5.02. The molecule has 0 unspecified atom stereocenters. The van der Waals surface area contributed by atoms with Crippen molar-refractivity contribution in [3.63, 3.8) is 0 Å². The molecule has 1 aromatic rings. The van der Waals surface area contributed by atoms with E-state index in [1.54, 1.807) is 7.11 Å². The van der Waals surface area contributed by atoms with Gasteiger partial charge in [-0.1, -0.05) is 34.1 Å². The first-order valence-electron chi connectivity index (χ1n) is 5.72. The van der Waals surface area contributed by atoms with Crippen molar-refractivity contribution in [3.05, 3.63) is 34.3 Å². The van der Waals surface area contributed by atoms with Crippen molar-refractivity contribution in [3.8, 4) is 0 Å². The van der Waals surface area contributed by atoms with Gasteiger partial charge in [0.05, 0.1) is 0 Å². The maximum Gasteiger partial charge on any atom is 0.0462 e. The lowest BCUT2D eigenvalue weighted by Gasteiger charge is -2.15. The highest BCUT2D eigenvalue weighted by Gasteiger charge is 2.06. The fourth-order valence-electron chi connectivity index (χ4n) is 1.63. The van der Waals surface area contributed by atoms with Gasteiger partial charge in [-0.2, -0.15) is 0 Å². The Labute approximate surface area is 107 Å². The summed E-state index contributed by atoms with van der Waals surface area (Å²) in [6, 6.07) is 8.73. The third-order valence-electron chi connectivity index (χ3n) is 2.60. The predicted octanol–water partition coefficient (Wildman–Crippen LogP) is 3.53. The Hall–Kier alpha value is -0.380. The van der Waals surface area contributed by atoms with Gasteiger partial charge in [-0.05, 0) is 37.9 Å². The molecule has 1 atom stereocenters. The average Bonchev–Trinajstić information content (AvgIpc) is 2.29. The smallest absolute Gasteiger partial charge is 0.0462 e. The molecular weight excluding hydrogens is 266 g/mol. The number of nitrogens with one attached hydrogen (secondary N) is 1. The van der Waals surface area contributed by atoms with Crippen molar-refractivity contribution in [2.75, 3.05) is 20.3 Å². The Morgan fingerprint density at radius 2 is 2.06 bits per heavy atom. The number of halogens is 1. The number of hydrogen-bond donors (Lipinski definition) is 1. The zero-order chi connectivity index (χ0) is 11.8. The molecule has 16 heavy (non-hydrogen) atoms. The molecule has 0 aliphatic carbocycles.